The molecule has 4 rings (SSSR count). The van der Waals surface area contributed by atoms with Crippen molar-refractivity contribution in [2.45, 2.75) is 25.8 Å². The van der Waals surface area contributed by atoms with Crippen LogP contribution in [0.15, 0.2) is 35.7 Å². The van der Waals surface area contributed by atoms with E-state index in [1.165, 1.54) is 17.0 Å². The molecule has 0 radical (unpaired) electrons. The summed E-state index contributed by atoms with van der Waals surface area (Å²) in [7, 11) is 0. The van der Waals surface area contributed by atoms with Crippen molar-refractivity contribution in [1.29, 1.82) is 0 Å². The summed E-state index contributed by atoms with van der Waals surface area (Å²) in [5.74, 6) is 0.315. The molecule has 0 spiro atoms. The zero-order valence-electron chi connectivity index (χ0n) is 15.8. The van der Waals surface area contributed by atoms with Crippen LogP contribution in [0.3, 0.4) is 0 Å². The Morgan fingerprint density at radius 1 is 0.926 bits per heavy atom. The maximum atomic E-state index is 12.4. The molecule has 0 unspecified atom stereocenters. The van der Waals surface area contributed by atoms with Gasteiger partial charge in [-0.2, -0.15) is 0 Å². The zero-order chi connectivity index (χ0) is 18.5. The van der Waals surface area contributed by atoms with Gasteiger partial charge in [0.1, 0.15) is 5.01 Å². The molecular formula is C21H28N4OS. The molecule has 144 valence electrons. The first-order chi connectivity index (χ1) is 13.3. The summed E-state index contributed by atoms with van der Waals surface area (Å²) in [6.07, 6.45) is 3.60. The van der Waals surface area contributed by atoms with E-state index in [1.54, 1.807) is 11.3 Å². The van der Waals surface area contributed by atoms with Gasteiger partial charge in [-0.25, -0.2) is 4.98 Å². The SMILES string of the molecule is O=C(CN1CCN(Cc2nc(-c3ccccc3)cs2)CC1)N1CCCCC1. The van der Waals surface area contributed by atoms with Crippen LogP contribution in [-0.2, 0) is 11.3 Å². The summed E-state index contributed by atoms with van der Waals surface area (Å²) in [4.78, 5) is 24.1. The van der Waals surface area contributed by atoms with Crippen LogP contribution < -0.4 is 0 Å². The molecule has 0 atom stereocenters. The number of piperazine rings is 1. The average Bonchev–Trinajstić information content (AvgIpc) is 3.19. The third kappa shape index (κ3) is 4.94. The maximum absolute atomic E-state index is 12.4. The van der Waals surface area contributed by atoms with Crippen LogP contribution >= 0.6 is 11.3 Å². The fourth-order valence-electron chi connectivity index (χ4n) is 3.86. The Kier molecular flexibility index (Phi) is 6.17. The smallest absolute Gasteiger partial charge is 0.236 e. The molecule has 2 aliphatic rings. The van der Waals surface area contributed by atoms with Crippen LogP contribution in [0.4, 0.5) is 0 Å². The summed E-state index contributed by atoms with van der Waals surface area (Å²) in [5, 5.41) is 3.32. The zero-order valence-corrected chi connectivity index (χ0v) is 16.7. The summed E-state index contributed by atoms with van der Waals surface area (Å²) in [6.45, 7) is 7.35. The lowest BCUT2D eigenvalue weighted by Crippen LogP contribution is -2.50. The molecular weight excluding hydrogens is 356 g/mol. The molecule has 0 N–H and O–H groups in total. The van der Waals surface area contributed by atoms with Crippen LogP contribution in [-0.4, -0.2) is 71.4 Å². The van der Waals surface area contributed by atoms with E-state index in [0.717, 1.165) is 64.3 Å². The van der Waals surface area contributed by atoms with Crippen molar-refractivity contribution in [3.05, 3.63) is 40.7 Å². The minimum atomic E-state index is 0.315. The number of likely N-dealkylation sites (tertiary alicyclic amines) is 1. The Morgan fingerprint density at radius 3 is 2.37 bits per heavy atom. The van der Waals surface area contributed by atoms with Crippen molar-refractivity contribution < 1.29 is 4.79 Å². The van der Waals surface area contributed by atoms with Crippen molar-refractivity contribution in [1.82, 2.24) is 19.7 Å². The van der Waals surface area contributed by atoms with Crippen molar-refractivity contribution >= 4 is 17.2 Å². The number of rotatable bonds is 5. The van der Waals surface area contributed by atoms with Crippen LogP contribution in [0, 0.1) is 0 Å². The van der Waals surface area contributed by atoms with Crippen LogP contribution in [0.5, 0.6) is 0 Å². The molecule has 3 heterocycles. The van der Waals surface area contributed by atoms with Gasteiger partial charge in [0.25, 0.3) is 0 Å². The van der Waals surface area contributed by atoms with Crippen molar-refractivity contribution in [2.24, 2.45) is 0 Å². The normalized spacial score (nSPS) is 19.3. The number of benzene rings is 1. The highest BCUT2D eigenvalue weighted by Crippen LogP contribution is 2.22. The Hall–Kier alpha value is -1.76. The maximum Gasteiger partial charge on any atom is 0.236 e. The predicted octanol–water partition coefficient (Wildman–Crippen LogP) is 2.94. The number of carbonyl (C=O) groups is 1. The first kappa shape index (κ1) is 18.6. The number of aromatic nitrogens is 1. The van der Waals surface area contributed by atoms with E-state index < -0.39 is 0 Å². The number of amides is 1. The van der Waals surface area contributed by atoms with E-state index in [-0.39, 0.29) is 0 Å². The lowest BCUT2D eigenvalue weighted by atomic mass is 10.1. The van der Waals surface area contributed by atoms with E-state index in [1.807, 2.05) is 6.07 Å². The highest BCUT2D eigenvalue weighted by atomic mass is 32.1. The minimum Gasteiger partial charge on any atom is -0.342 e. The first-order valence-electron chi connectivity index (χ1n) is 10.0. The number of carbonyl (C=O) groups excluding carboxylic acids is 1. The molecule has 2 fully saturated rings. The molecule has 5 nitrogen and oxygen atoms in total. The third-order valence-corrected chi connectivity index (χ3v) is 6.35. The number of piperidine rings is 1. The fourth-order valence-corrected chi connectivity index (χ4v) is 4.70. The van der Waals surface area contributed by atoms with Crippen molar-refractivity contribution in [2.75, 3.05) is 45.8 Å². The first-order valence-corrected chi connectivity index (χ1v) is 10.9. The quantitative estimate of drug-likeness (QED) is 0.795. The summed E-state index contributed by atoms with van der Waals surface area (Å²) in [5.41, 5.74) is 2.25. The lowest BCUT2D eigenvalue weighted by molar-refractivity contribution is -0.133. The summed E-state index contributed by atoms with van der Waals surface area (Å²) >= 11 is 1.74. The van der Waals surface area contributed by atoms with Crippen LogP contribution in [0.2, 0.25) is 0 Å². The Labute approximate surface area is 165 Å². The molecule has 6 heteroatoms. The van der Waals surface area contributed by atoms with Gasteiger partial charge in [-0.15, -0.1) is 11.3 Å². The van der Waals surface area contributed by atoms with Gasteiger partial charge in [0.2, 0.25) is 5.91 Å². The largest absolute Gasteiger partial charge is 0.342 e. The van der Waals surface area contributed by atoms with Crippen molar-refractivity contribution in [3.8, 4) is 11.3 Å². The molecule has 2 aliphatic heterocycles. The Bertz CT molecular complexity index is 734. The molecule has 2 aromatic rings. The molecule has 1 amide bonds. The molecule has 2 saturated heterocycles. The average molecular weight is 385 g/mol. The molecule has 0 saturated carbocycles. The van der Waals surface area contributed by atoms with Gasteiger partial charge in [0.05, 0.1) is 18.8 Å². The number of hydrogen-bond donors (Lipinski definition) is 0. The van der Waals surface area contributed by atoms with Gasteiger partial charge in [-0.3, -0.25) is 14.6 Å². The van der Waals surface area contributed by atoms with E-state index >= 15 is 0 Å². The fraction of sp³-hybridized carbons (Fsp3) is 0.524. The van der Waals surface area contributed by atoms with E-state index in [4.69, 9.17) is 4.98 Å². The minimum absolute atomic E-state index is 0.315. The monoisotopic (exact) mass is 384 g/mol. The van der Waals surface area contributed by atoms with Gasteiger partial charge in [0, 0.05) is 50.2 Å². The lowest BCUT2D eigenvalue weighted by Gasteiger charge is -2.35. The Balaban J connectivity index is 1.24. The van der Waals surface area contributed by atoms with Gasteiger partial charge < -0.3 is 4.90 Å². The number of hydrogen-bond acceptors (Lipinski definition) is 5. The van der Waals surface area contributed by atoms with Crippen molar-refractivity contribution in [3.63, 3.8) is 0 Å². The molecule has 1 aromatic carbocycles. The predicted molar refractivity (Wildman–Crippen MR) is 110 cm³/mol. The van der Waals surface area contributed by atoms with E-state index in [2.05, 4.69) is 44.3 Å². The van der Waals surface area contributed by atoms with Gasteiger partial charge in [-0.05, 0) is 19.3 Å². The second-order valence-electron chi connectivity index (χ2n) is 7.49. The topological polar surface area (TPSA) is 39.7 Å². The van der Waals surface area contributed by atoms with Gasteiger partial charge >= 0.3 is 0 Å². The highest BCUT2D eigenvalue weighted by Gasteiger charge is 2.23. The Morgan fingerprint density at radius 2 is 1.63 bits per heavy atom. The third-order valence-electron chi connectivity index (χ3n) is 5.51. The number of nitrogens with zero attached hydrogens (tertiary/aromatic N) is 4. The standard InChI is InChI=1S/C21H28N4OS/c26-21(25-9-5-2-6-10-25)16-24-13-11-23(12-14-24)15-20-22-19(17-27-20)18-7-3-1-4-8-18/h1,3-4,7-8,17H,2,5-6,9-16H2. The van der Waals surface area contributed by atoms with Crippen LogP contribution in [0.25, 0.3) is 11.3 Å². The second kappa shape index (κ2) is 8.95. The number of thiazole rings is 1. The molecule has 1 aromatic heterocycles. The summed E-state index contributed by atoms with van der Waals surface area (Å²) < 4.78 is 0. The van der Waals surface area contributed by atoms with Gasteiger partial charge in [0.15, 0.2) is 0 Å². The molecule has 0 bridgehead atoms. The molecule has 0 aliphatic carbocycles. The second-order valence-corrected chi connectivity index (χ2v) is 8.43. The molecule has 27 heavy (non-hydrogen) atoms. The van der Waals surface area contributed by atoms with E-state index in [0.29, 0.717) is 12.5 Å². The van der Waals surface area contributed by atoms with E-state index in [9.17, 15) is 4.79 Å². The van der Waals surface area contributed by atoms with Crippen LogP contribution in [0.1, 0.15) is 24.3 Å². The highest BCUT2D eigenvalue weighted by molar-refractivity contribution is 7.09. The summed E-state index contributed by atoms with van der Waals surface area (Å²) in [6, 6.07) is 10.4. The van der Waals surface area contributed by atoms with Gasteiger partial charge in [-0.1, -0.05) is 30.3 Å².